The molecule has 0 radical (unpaired) electrons. The van der Waals surface area contributed by atoms with Crippen molar-refractivity contribution in [2.45, 2.75) is 19.9 Å². The Balaban J connectivity index is 2.53. The van der Waals surface area contributed by atoms with Gasteiger partial charge in [-0.3, -0.25) is 0 Å². The summed E-state index contributed by atoms with van der Waals surface area (Å²) in [7, 11) is 5.80. The van der Waals surface area contributed by atoms with Gasteiger partial charge in [-0.05, 0) is 45.3 Å². The van der Waals surface area contributed by atoms with Gasteiger partial charge in [0.15, 0.2) is 0 Å². The first-order valence-electron chi connectivity index (χ1n) is 7.44. The molecule has 0 aliphatic heterocycles. The van der Waals surface area contributed by atoms with Gasteiger partial charge in [0.2, 0.25) is 0 Å². The minimum Gasteiger partial charge on any atom is -0.326 e. The van der Waals surface area contributed by atoms with E-state index in [9.17, 15) is 4.79 Å². The minimum absolute atomic E-state index is 0.0793. The molecule has 5 nitrogen and oxygen atoms in total. The van der Waals surface area contributed by atoms with Gasteiger partial charge < -0.3 is 20.4 Å². The molecule has 0 saturated carbocycles. The number of benzene rings is 1. The molecule has 1 unspecified atom stereocenters. The zero-order valence-electron chi connectivity index (χ0n) is 13.8. The molecule has 2 N–H and O–H groups in total. The van der Waals surface area contributed by atoms with Crippen molar-refractivity contribution in [3.63, 3.8) is 0 Å². The number of anilines is 1. The molecule has 5 heteroatoms. The van der Waals surface area contributed by atoms with E-state index in [-0.39, 0.29) is 6.03 Å². The highest BCUT2D eigenvalue weighted by molar-refractivity contribution is 5.89. The van der Waals surface area contributed by atoms with Crippen LogP contribution in [0, 0.1) is 0 Å². The fourth-order valence-corrected chi connectivity index (χ4v) is 1.95. The van der Waals surface area contributed by atoms with Crippen molar-refractivity contribution in [2.75, 3.05) is 46.1 Å². The average molecular weight is 292 g/mol. The van der Waals surface area contributed by atoms with Gasteiger partial charge in [0.1, 0.15) is 0 Å². The molecular weight excluding hydrogens is 264 g/mol. The van der Waals surface area contributed by atoms with Crippen molar-refractivity contribution >= 4 is 11.7 Å². The number of hydrogen-bond donors (Lipinski definition) is 2. The van der Waals surface area contributed by atoms with Crippen molar-refractivity contribution in [1.29, 1.82) is 0 Å². The number of nitrogens with zero attached hydrogens (tertiary/aromatic N) is 2. The molecular formula is C16H28N4O. The number of urea groups is 1. The number of likely N-dealkylation sites (N-methyl/N-ethyl adjacent to an activating group) is 2. The van der Waals surface area contributed by atoms with E-state index in [4.69, 9.17) is 0 Å². The van der Waals surface area contributed by atoms with E-state index in [0.29, 0.717) is 12.6 Å². The summed E-state index contributed by atoms with van der Waals surface area (Å²) in [6, 6.07) is 8.22. The van der Waals surface area contributed by atoms with Crippen LogP contribution >= 0.6 is 0 Å². The van der Waals surface area contributed by atoms with Gasteiger partial charge in [0.05, 0.1) is 0 Å². The van der Waals surface area contributed by atoms with E-state index >= 15 is 0 Å². The Morgan fingerprint density at radius 2 is 1.76 bits per heavy atom. The van der Waals surface area contributed by atoms with Crippen LogP contribution in [0.1, 0.15) is 25.5 Å². The lowest BCUT2D eigenvalue weighted by Gasteiger charge is -2.20. The van der Waals surface area contributed by atoms with Gasteiger partial charge in [-0.1, -0.05) is 19.1 Å². The third kappa shape index (κ3) is 6.14. The molecule has 1 rings (SSSR count). The maximum absolute atomic E-state index is 12.0. The van der Waals surface area contributed by atoms with E-state index in [1.54, 1.807) is 11.9 Å². The predicted molar refractivity (Wildman–Crippen MR) is 88.7 cm³/mol. The molecule has 0 heterocycles. The summed E-state index contributed by atoms with van der Waals surface area (Å²) in [6.07, 6.45) is 0. The Hall–Kier alpha value is -1.59. The molecule has 1 aromatic rings. The van der Waals surface area contributed by atoms with Crippen LogP contribution in [0.5, 0.6) is 0 Å². The smallest absolute Gasteiger partial charge is 0.321 e. The van der Waals surface area contributed by atoms with Crippen LogP contribution in [0.25, 0.3) is 0 Å². The first-order chi connectivity index (χ1) is 9.93. The number of amides is 2. The van der Waals surface area contributed by atoms with Crippen LogP contribution in [0.15, 0.2) is 24.3 Å². The van der Waals surface area contributed by atoms with Gasteiger partial charge in [0.25, 0.3) is 0 Å². The minimum atomic E-state index is -0.0793. The van der Waals surface area contributed by atoms with Gasteiger partial charge in [-0.25, -0.2) is 4.79 Å². The van der Waals surface area contributed by atoms with E-state index in [2.05, 4.69) is 29.4 Å². The molecule has 21 heavy (non-hydrogen) atoms. The molecule has 0 aromatic heterocycles. The SMILES string of the molecule is CCNC(C)c1ccc(NC(=O)N(C)CCN(C)C)cc1. The van der Waals surface area contributed by atoms with Crippen LogP contribution in [0.3, 0.4) is 0 Å². The zero-order chi connectivity index (χ0) is 15.8. The molecule has 2 amide bonds. The third-order valence-electron chi connectivity index (χ3n) is 3.40. The fourth-order valence-electron chi connectivity index (χ4n) is 1.95. The molecule has 1 aromatic carbocycles. The third-order valence-corrected chi connectivity index (χ3v) is 3.40. The second kappa shape index (κ2) is 8.64. The summed E-state index contributed by atoms with van der Waals surface area (Å²) in [5.74, 6) is 0. The maximum atomic E-state index is 12.0. The first kappa shape index (κ1) is 17.5. The zero-order valence-corrected chi connectivity index (χ0v) is 13.8. The molecule has 0 aliphatic rings. The Labute approximate surface area is 128 Å². The molecule has 0 fully saturated rings. The van der Waals surface area contributed by atoms with E-state index < -0.39 is 0 Å². The highest BCUT2D eigenvalue weighted by Gasteiger charge is 2.09. The Kier molecular flexibility index (Phi) is 7.19. The predicted octanol–water partition coefficient (Wildman–Crippen LogP) is 2.38. The molecule has 0 aliphatic carbocycles. The Bertz CT molecular complexity index is 430. The van der Waals surface area contributed by atoms with Crippen molar-refractivity contribution < 1.29 is 4.79 Å². The average Bonchev–Trinajstić information content (AvgIpc) is 2.45. The summed E-state index contributed by atoms with van der Waals surface area (Å²) < 4.78 is 0. The summed E-state index contributed by atoms with van der Waals surface area (Å²) >= 11 is 0. The Morgan fingerprint density at radius 1 is 1.14 bits per heavy atom. The normalized spacial score (nSPS) is 12.3. The topological polar surface area (TPSA) is 47.6 Å². The lowest BCUT2D eigenvalue weighted by atomic mass is 10.1. The summed E-state index contributed by atoms with van der Waals surface area (Å²) in [5, 5.41) is 6.28. The van der Waals surface area contributed by atoms with Gasteiger partial charge in [0, 0.05) is 31.9 Å². The van der Waals surface area contributed by atoms with Crippen LogP contribution < -0.4 is 10.6 Å². The highest BCUT2D eigenvalue weighted by atomic mass is 16.2. The van der Waals surface area contributed by atoms with Crippen LogP contribution in [0.2, 0.25) is 0 Å². The summed E-state index contributed by atoms with van der Waals surface area (Å²) in [6.45, 7) is 6.72. The molecule has 0 saturated heterocycles. The number of rotatable bonds is 7. The molecule has 0 bridgehead atoms. The van der Waals surface area contributed by atoms with Crippen LogP contribution in [0.4, 0.5) is 10.5 Å². The van der Waals surface area contributed by atoms with Gasteiger partial charge >= 0.3 is 6.03 Å². The summed E-state index contributed by atoms with van der Waals surface area (Å²) in [4.78, 5) is 15.8. The van der Waals surface area contributed by atoms with Crippen molar-refractivity contribution in [1.82, 2.24) is 15.1 Å². The number of hydrogen-bond acceptors (Lipinski definition) is 3. The van der Waals surface area contributed by atoms with Gasteiger partial charge in [-0.2, -0.15) is 0 Å². The first-order valence-corrected chi connectivity index (χ1v) is 7.44. The van der Waals surface area contributed by atoms with E-state index in [1.807, 2.05) is 38.4 Å². The van der Waals surface area contributed by atoms with Gasteiger partial charge in [-0.15, -0.1) is 0 Å². The lowest BCUT2D eigenvalue weighted by molar-refractivity contribution is 0.217. The maximum Gasteiger partial charge on any atom is 0.321 e. The van der Waals surface area contributed by atoms with E-state index in [1.165, 1.54) is 5.56 Å². The fraction of sp³-hybridized carbons (Fsp3) is 0.562. The molecule has 1 atom stereocenters. The van der Waals surface area contributed by atoms with Crippen molar-refractivity contribution in [2.24, 2.45) is 0 Å². The monoisotopic (exact) mass is 292 g/mol. The second-order valence-corrected chi connectivity index (χ2v) is 5.56. The second-order valence-electron chi connectivity index (χ2n) is 5.56. The quantitative estimate of drug-likeness (QED) is 0.811. The summed E-state index contributed by atoms with van der Waals surface area (Å²) in [5.41, 5.74) is 2.04. The highest BCUT2D eigenvalue weighted by Crippen LogP contribution is 2.16. The Morgan fingerprint density at radius 3 is 2.29 bits per heavy atom. The van der Waals surface area contributed by atoms with Crippen LogP contribution in [-0.2, 0) is 0 Å². The molecule has 0 spiro atoms. The van der Waals surface area contributed by atoms with E-state index in [0.717, 1.165) is 18.8 Å². The number of carbonyl (C=O) groups excluding carboxylic acids is 1. The number of nitrogens with one attached hydrogen (secondary N) is 2. The lowest BCUT2D eigenvalue weighted by Crippen LogP contribution is -2.36. The molecule has 118 valence electrons. The standard InChI is InChI=1S/C16H28N4O/c1-6-17-13(2)14-7-9-15(10-8-14)18-16(21)20(5)12-11-19(3)4/h7-10,13,17H,6,11-12H2,1-5H3,(H,18,21). The number of carbonyl (C=O) groups is 1. The largest absolute Gasteiger partial charge is 0.326 e. The van der Waals surface area contributed by atoms with Crippen molar-refractivity contribution in [3.8, 4) is 0 Å². The van der Waals surface area contributed by atoms with Crippen LogP contribution in [-0.4, -0.2) is 56.6 Å². The van der Waals surface area contributed by atoms with Crippen molar-refractivity contribution in [3.05, 3.63) is 29.8 Å².